The van der Waals surface area contributed by atoms with Crippen molar-refractivity contribution in [1.82, 2.24) is 10.3 Å². The fourth-order valence-corrected chi connectivity index (χ4v) is 4.37. The minimum Gasteiger partial charge on any atom is -0.455 e. The van der Waals surface area contributed by atoms with Crippen molar-refractivity contribution in [2.24, 2.45) is 0 Å². The largest absolute Gasteiger partial charge is 0.455 e. The molecule has 0 spiro atoms. The minimum absolute atomic E-state index is 0.0623. The average molecular weight is 493 g/mol. The predicted octanol–water partition coefficient (Wildman–Crippen LogP) is 7.38. The molecule has 2 heterocycles. The number of pyridine rings is 1. The van der Waals surface area contributed by atoms with Gasteiger partial charge in [0.1, 0.15) is 17.2 Å². The minimum atomic E-state index is -0.357. The zero-order chi connectivity index (χ0) is 25.9. The van der Waals surface area contributed by atoms with Crippen LogP contribution in [0.5, 0.6) is 0 Å². The van der Waals surface area contributed by atoms with E-state index in [2.05, 4.69) is 10.3 Å². The fraction of sp³-hybridized carbons (Fsp3) is 0.129. The molecule has 1 amide bonds. The maximum Gasteiger partial charge on any atom is 0.251 e. The molecule has 5 aromatic rings. The zero-order valence-corrected chi connectivity index (χ0v) is 20.5. The van der Waals surface area contributed by atoms with Crippen LogP contribution in [0.2, 0.25) is 0 Å². The van der Waals surface area contributed by atoms with Gasteiger partial charge in [-0.25, -0.2) is 4.39 Å². The third-order valence-corrected chi connectivity index (χ3v) is 6.38. The van der Waals surface area contributed by atoms with Gasteiger partial charge in [0, 0.05) is 35.3 Å². The first-order valence-corrected chi connectivity index (χ1v) is 12.1. The van der Waals surface area contributed by atoms with Gasteiger partial charge in [-0.15, -0.1) is 0 Å². The Bertz CT molecular complexity index is 1590. The average Bonchev–Trinajstić information content (AvgIpc) is 3.32. The Morgan fingerprint density at radius 3 is 2.43 bits per heavy atom. The molecule has 0 aliphatic carbocycles. The first kappa shape index (κ1) is 24.1. The lowest BCUT2D eigenvalue weighted by atomic mass is 9.97. The number of nitrogens with zero attached hydrogens (tertiary/aromatic N) is 1. The van der Waals surface area contributed by atoms with Crippen molar-refractivity contribution in [3.05, 3.63) is 114 Å². The SMILES string of the molecule is CCC(=O)c1c(-c2ccc(F)cc2)oc2ccc(-c3cccc(C(=O)NC(C)c4cccnc4)c3)cc12. The number of rotatable bonds is 7. The Morgan fingerprint density at radius 2 is 1.70 bits per heavy atom. The molecule has 2 aromatic heterocycles. The molecule has 0 aliphatic heterocycles. The number of Topliss-reactive ketones (excluding diaryl/α,β-unsaturated/α-hetero) is 1. The summed E-state index contributed by atoms with van der Waals surface area (Å²) >= 11 is 0. The fourth-order valence-electron chi connectivity index (χ4n) is 4.37. The van der Waals surface area contributed by atoms with Crippen LogP contribution in [0.1, 0.15) is 52.6 Å². The van der Waals surface area contributed by atoms with E-state index in [1.807, 2.05) is 55.5 Å². The highest BCUT2D eigenvalue weighted by molar-refractivity contribution is 6.12. The number of furan rings is 1. The van der Waals surface area contributed by atoms with Crippen molar-refractivity contribution in [1.29, 1.82) is 0 Å². The molecule has 1 N–H and O–H groups in total. The number of halogens is 1. The Hall–Kier alpha value is -4.58. The van der Waals surface area contributed by atoms with Crippen LogP contribution in [0.4, 0.5) is 4.39 Å². The highest BCUT2D eigenvalue weighted by atomic mass is 19.1. The predicted molar refractivity (Wildman–Crippen MR) is 142 cm³/mol. The number of carbonyl (C=O) groups excluding carboxylic acids is 2. The van der Waals surface area contributed by atoms with Gasteiger partial charge in [0.15, 0.2) is 5.78 Å². The second-order valence-electron chi connectivity index (χ2n) is 8.86. The quantitative estimate of drug-likeness (QED) is 0.241. The van der Waals surface area contributed by atoms with Gasteiger partial charge in [-0.3, -0.25) is 14.6 Å². The van der Waals surface area contributed by atoms with Gasteiger partial charge in [-0.1, -0.05) is 31.2 Å². The lowest BCUT2D eigenvalue weighted by Crippen LogP contribution is -2.26. The van der Waals surface area contributed by atoms with Crippen molar-refractivity contribution in [3.63, 3.8) is 0 Å². The standard InChI is InChI=1S/C31H25FN2O3/c1-3-27(35)29-26-17-22(11-14-28(26)37-30(29)20-9-12-25(32)13-10-20)21-6-4-7-23(16-21)31(36)34-19(2)24-8-5-15-33-18-24/h4-19H,3H2,1-2H3,(H,34,36). The molecule has 5 rings (SSSR count). The van der Waals surface area contributed by atoms with Gasteiger partial charge in [0.2, 0.25) is 0 Å². The van der Waals surface area contributed by atoms with E-state index >= 15 is 0 Å². The van der Waals surface area contributed by atoms with Crippen LogP contribution in [0.25, 0.3) is 33.4 Å². The summed E-state index contributed by atoms with van der Waals surface area (Å²) in [5.74, 6) is -0.184. The van der Waals surface area contributed by atoms with Crippen molar-refractivity contribution >= 4 is 22.7 Å². The number of carbonyl (C=O) groups is 2. The highest BCUT2D eigenvalue weighted by Crippen LogP contribution is 2.37. The molecule has 0 saturated heterocycles. The van der Waals surface area contributed by atoms with Gasteiger partial charge in [-0.2, -0.15) is 0 Å². The summed E-state index contributed by atoms with van der Waals surface area (Å²) in [7, 11) is 0. The summed E-state index contributed by atoms with van der Waals surface area (Å²) in [5.41, 5.74) is 4.81. The molecule has 0 radical (unpaired) electrons. The lowest BCUT2D eigenvalue weighted by Gasteiger charge is -2.14. The van der Waals surface area contributed by atoms with Crippen LogP contribution >= 0.6 is 0 Å². The normalized spacial score (nSPS) is 11.9. The lowest BCUT2D eigenvalue weighted by molar-refractivity contribution is 0.0938. The molecule has 5 nitrogen and oxygen atoms in total. The van der Waals surface area contributed by atoms with Crippen LogP contribution in [0.15, 0.2) is 95.7 Å². The van der Waals surface area contributed by atoms with Gasteiger partial charge >= 0.3 is 0 Å². The highest BCUT2D eigenvalue weighted by Gasteiger charge is 2.22. The number of ketones is 1. The topological polar surface area (TPSA) is 72.2 Å². The van der Waals surface area contributed by atoms with E-state index in [1.54, 1.807) is 37.5 Å². The van der Waals surface area contributed by atoms with Gasteiger partial charge < -0.3 is 9.73 Å². The Kier molecular flexibility index (Phi) is 6.64. The molecular formula is C31H25FN2O3. The summed E-state index contributed by atoms with van der Waals surface area (Å²) in [6.07, 6.45) is 3.73. The molecule has 0 saturated carbocycles. The molecule has 0 fully saturated rings. The maximum absolute atomic E-state index is 13.5. The number of hydrogen-bond acceptors (Lipinski definition) is 4. The van der Waals surface area contributed by atoms with Crippen LogP contribution < -0.4 is 5.32 Å². The number of hydrogen-bond donors (Lipinski definition) is 1. The number of aromatic nitrogens is 1. The maximum atomic E-state index is 13.5. The molecule has 1 unspecified atom stereocenters. The number of fused-ring (bicyclic) bond motifs is 1. The van der Waals surface area contributed by atoms with Crippen LogP contribution in [0.3, 0.4) is 0 Å². The first-order chi connectivity index (χ1) is 17.9. The molecule has 184 valence electrons. The second kappa shape index (κ2) is 10.2. The molecule has 1 atom stereocenters. The van der Waals surface area contributed by atoms with Crippen LogP contribution in [-0.2, 0) is 0 Å². The zero-order valence-electron chi connectivity index (χ0n) is 20.5. The number of benzene rings is 3. The van der Waals surface area contributed by atoms with Gasteiger partial charge in [0.25, 0.3) is 5.91 Å². The number of amides is 1. The van der Waals surface area contributed by atoms with Crippen molar-refractivity contribution in [2.45, 2.75) is 26.3 Å². The Morgan fingerprint density at radius 1 is 0.946 bits per heavy atom. The summed E-state index contributed by atoms with van der Waals surface area (Å²) in [6.45, 7) is 3.71. The number of nitrogens with one attached hydrogen (secondary N) is 1. The first-order valence-electron chi connectivity index (χ1n) is 12.1. The third-order valence-electron chi connectivity index (χ3n) is 6.38. The van der Waals surface area contributed by atoms with E-state index in [-0.39, 0.29) is 23.5 Å². The van der Waals surface area contributed by atoms with E-state index in [1.165, 1.54) is 12.1 Å². The van der Waals surface area contributed by atoms with Gasteiger partial charge in [0.05, 0.1) is 11.6 Å². The monoisotopic (exact) mass is 492 g/mol. The van der Waals surface area contributed by atoms with Crippen LogP contribution in [-0.4, -0.2) is 16.7 Å². The summed E-state index contributed by atoms with van der Waals surface area (Å²) < 4.78 is 19.6. The molecule has 37 heavy (non-hydrogen) atoms. The van der Waals surface area contributed by atoms with E-state index in [0.29, 0.717) is 39.8 Å². The van der Waals surface area contributed by atoms with E-state index in [0.717, 1.165) is 16.7 Å². The molecule has 0 bridgehead atoms. The Balaban J connectivity index is 1.50. The van der Waals surface area contributed by atoms with E-state index < -0.39 is 0 Å². The summed E-state index contributed by atoms with van der Waals surface area (Å²) in [6, 6.07) is 22.4. The molecule has 6 heteroatoms. The second-order valence-corrected chi connectivity index (χ2v) is 8.86. The van der Waals surface area contributed by atoms with Gasteiger partial charge in [-0.05, 0) is 78.2 Å². The van der Waals surface area contributed by atoms with Crippen molar-refractivity contribution in [3.8, 4) is 22.5 Å². The summed E-state index contributed by atoms with van der Waals surface area (Å²) in [5, 5.41) is 3.70. The molecular weight excluding hydrogens is 467 g/mol. The van der Waals surface area contributed by atoms with Crippen LogP contribution in [0, 0.1) is 5.82 Å². The molecule has 0 aliphatic rings. The van der Waals surface area contributed by atoms with E-state index in [9.17, 15) is 14.0 Å². The van der Waals surface area contributed by atoms with Crippen molar-refractivity contribution < 1.29 is 18.4 Å². The Labute approximate surface area is 214 Å². The molecule has 3 aromatic carbocycles. The summed E-state index contributed by atoms with van der Waals surface area (Å²) in [4.78, 5) is 30.1. The van der Waals surface area contributed by atoms with E-state index in [4.69, 9.17) is 4.42 Å². The smallest absolute Gasteiger partial charge is 0.251 e. The third kappa shape index (κ3) is 4.91. The van der Waals surface area contributed by atoms with Crippen molar-refractivity contribution in [2.75, 3.05) is 0 Å².